The second-order valence-electron chi connectivity index (χ2n) is 3.76. The highest BCUT2D eigenvalue weighted by atomic mass is 35.5. The van der Waals surface area contributed by atoms with Gasteiger partial charge in [0, 0.05) is 32.4 Å². The Morgan fingerprint density at radius 3 is 2.95 bits per heavy atom. The monoisotopic (exact) mass is 282 g/mol. The van der Waals surface area contributed by atoms with Crippen LogP contribution in [0.4, 0.5) is 11.5 Å². The molecule has 100 valence electrons. The third-order valence-electron chi connectivity index (χ3n) is 2.50. The van der Waals surface area contributed by atoms with Crippen LogP contribution in [0.25, 0.3) is 0 Å². The van der Waals surface area contributed by atoms with Gasteiger partial charge >= 0.3 is 5.69 Å². The van der Waals surface area contributed by atoms with Gasteiger partial charge in [-0.25, -0.2) is 9.97 Å². The van der Waals surface area contributed by atoms with Crippen molar-refractivity contribution in [3.8, 4) is 0 Å². The number of nitrogens with zero attached hydrogens (tertiary/aromatic N) is 5. The van der Waals surface area contributed by atoms with E-state index in [1.54, 1.807) is 6.20 Å². The largest absolute Gasteiger partial charge is 0.364 e. The van der Waals surface area contributed by atoms with E-state index in [2.05, 4.69) is 20.3 Å². The first-order valence-corrected chi connectivity index (χ1v) is 5.82. The Morgan fingerprint density at radius 2 is 2.32 bits per heavy atom. The van der Waals surface area contributed by atoms with Crippen LogP contribution in [0.2, 0.25) is 5.28 Å². The van der Waals surface area contributed by atoms with Gasteiger partial charge in [-0.2, -0.15) is 4.98 Å². The third-order valence-corrected chi connectivity index (χ3v) is 2.68. The number of anilines is 1. The maximum Gasteiger partial charge on any atom is 0.329 e. The molecule has 0 spiro atoms. The fraction of sp³-hybridized carbons (Fsp3) is 0.300. The molecule has 0 unspecified atom stereocenters. The molecule has 0 fully saturated rings. The molecule has 9 heteroatoms. The molecule has 8 nitrogen and oxygen atoms in total. The summed E-state index contributed by atoms with van der Waals surface area (Å²) in [6.45, 7) is 0.457. The Hall–Kier alpha value is -2.22. The first kappa shape index (κ1) is 13.2. The lowest BCUT2D eigenvalue weighted by molar-refractivity contribution is -0.384. The molecule has 0 atom stereocenters. The fourth-order valence-electron chi connectivity index (χ4n) is 1.55. The fourth-order valence-corrected chi connectivity index (χ4v) is 1.68. The number of rotatable bonds is 5. The summed E-state index contributed by atoms with van der Waals surface area (Å²) < 4.78 is 1.88. The van der Waals surface area contributed by atoms with E-state index >= 15 is 0 Å². The second kappa shape index (κ2) is 5.61. The molecule has 0 bridgehead atoms. The summed E-state index contributed by atoms with van der Waals surface area (Å²) in [7, 11) is 1.88. The Kier molecular flexibility index (Phi) is 3.91. The lowest BCUT2D eigenvalue weighted by atomic mass is 10.4. The van der Waals surface area contributed by atoms with Crippen LogP contribution in [-0.4, -0.2) is 31.0 Å². The van der Waals surface area contributed by atoms with Gasteiger partial charge in [-0.15, -0.1) is 0 Å². The van der Waals surface area contributed by atoms with E-state index in [1.807, 2.05) is 17.8 Å². The van der Waals surface area contributed by atoms with E-state index in [-0.39, 0.29) is 16.8 Å². The number of hydrogen-bond donors (Lipinski definition) is 1. The molecule has 0 amide bonds. The SMILES string of the molecule is Cn1ccnc1CCNc1nc(Cl)ncc1[N+](=O)[O-]. The molecule has 0 saturated heterocycles. The maximum absolute atomic E-state index is 10.8. The highest BCUT2D eigenvalue weighted by molar-refractivity contribution is 6.28. The summed E-state index contributed by atoms with van der Waals surface area (Å²) in [5, 5.41) is 13.6. The number of aryl methyl sites for hydroxylation is 1. The zero-order valence-electron chi connectivity index (χ0n) is 10.1. The average molecular weight is 283 g/mol. The molecule has 0 radical (unpaired) electrons. The molecule has 0 aliphatic heterocycles. The van der Waals surface area contributed by atoms with Crippen LogP contribution in [0.3, 0.4) is 0 Å². The lowest BCUT2D eigenvalue weighted by Crippen LogP contribution is -2.11. The van der Waals surface area contributed by atoms with E-state index in [4.69, 9.17) is 11.6 Å². The van der Waals surface area contributed by atoms with Crippen LogP contribution < -0.4 is 5.32 Å². The molecule has 0 aromatic carbocycles. The second-order valence-corrected chi connectivity index (χ2v) is 4.10. The van der Waals surface area contributed by atoms with Crippen molar-refractivity contribution in [1.82, 2.24) is 19.5 Å². The van der Waals surface area contributed by atoms with Gasteiger partial charge in [0.2, 0.25) is 11.1 Å². The third kappa shape index (κ3) is 3.16. The first-order valence-electron chi connectivity index (χ1n) is 5.45. The van der Waals surface area contributed by atoms with E-state index < -0.39 is 4.92 Å². The van der Waals surface area contributed by atoms with E-state index in [0.29, 0.717) is 13.0 Å². The standard InChI is InChI=1S/C10H11ClN6O2/c1-16-5-4-12-8(16)2-3-13-9-7(17(18)19)6-14-10(11)15-9/h4-6H,2-3H2,1H3,(H,13,14,15). The minimum atomic E-state index is -0.556. The lowest BCUT2D eigenvalue weighted by Gasteiger charge is -2.06. The molecule has 2 aromatic rings. The van der Waals surface area contributed by atoms with Crippen LogP contribution in [-0.2, 0) is 13.5 Å². The van der Waals surface area contributed by atoms with Crippen LogP contribution in [0.15, 0.2) is 18.6 Å². The summed E-state index contributed by atoms with van der Waals surface area (Å²) >= 11 is 5.62. The van der Waals surface area contributed by atoms with Crippen molar-refractivity contribution in [1.29, 1.82) is 0 Å². The minimum absolute atomic E-state index is 0.0370. The van der Waals surface area contributed by atoms with Crippen LogP contribution in [0, 0.1) is 10.1 Å². The highest BCUT2D eigenvalue weighted by Gasteiger charge is 2.16. The summed E-state index contributed by atoms with van der Waals surface area (Å²) in [6, 6.07) is 0. The molecule has 1 N–H and O–H groups in total. The number of hydrogen-bond acceptors (Lipinski definition) is 6. The number of halogens is 1. The van der Waals surface area contributed by atoms with Gasteiger partial charge in [0.05, 0.1) is 4.92 Å². The summed E-state index contributed by atoms with van der Waals surface area (Å²) in [4.78, 5) is 21.8. The molecular formula is C10H11ClN6O2. The Labute approximate surface area is 113 Å². The maximum atomic E-state index is 10.8. The van der Waals surface area contributed by atoms with Gasteiger partial charge < -0.3 is 9.88 Å². The van der Waals surface area contributed by atoms with Gasteiger partial charge in [-0.3, -0.25) is 10.1 Å². The zero-order chi connectivity index (χ0) is 13.8. The molecule has 0 saturated carbocycles. The van der Waals surface area contributed by atoms with Crippen LogP contribution in [0.5, 0.6) is 0 Å². The van der Waals surface area contributed by atoms with Crippen molar-refractivity contribution in [2.24, 2.45) is 7.05 Å². The average Bonchev–Trinajstić information content (AvgIpc) is 2.75. The van der Waals surface area contributed by atoms with Gasteiger partial charge in [-0.1, -0.05) is 0 Å². The number of nitrogens with one attached hydrogen (secondary N) is 1. The number of nitro groups is 1. The molecule has 19 heavy (non-hydrogen) atoms. The van der Waals surface area contributed by atoms with Crippen molar-refractivity contribution >= 4 is 23.1 Å². The smallest absolute Gasteiger partial charge is 0.329 e. The number of imidazole rings is 1. The van der Waals surface area contributed by atoms with Crippen molar-refractivity contribution < 1.29 is 4.92 Å². The van der Waals surface area contributed by atoms with Gasteiger partial charge in [0.1, 0.15) is 12.0 Å². The van der Waals surface area contributed by atoms with E-state index in [0.717, 1.165) is 12.0 Å². The quantitative estimate of drug-likeness (QED) is 0.506. The van der Waals surface area contributed by atoms with Crippen LogP contribution >= 0.6 is 11.6 Å². The number of aromatic nitrogens is 4. The minimum Gasteiger partial charge on any atom is -0.364 e. The van der Waals surface area contributed by atoms with Crippen molar-refractivity contribution in [2.75, 3.05) is 11.9 Å². The zero-order valence-corrected chi connectivity index (χ0v) is 10.8. The first-order chi connectivity index (χ1) is 9.08. The molecule has 2 rings (SSSR count). The van der Waals surface area contributed by atoms with E-state index in [9.17, 15) is 10.1 Å². The highest BCUT2D eigenvalue weighted by Crippen LogP contribution is 2.21. The molecule has 2 aromatic heterocycles. The van der Waals surface area contributed by atoms with Gasteiger partial charge in [-0.05, 0) is 11.6 Å². The molecule has 0 aliphatic rings. The topological polar surface area (TPSA) is 98.8 Å². The van der Waals surface area contributed by atoms with Gasteiger partial charge in [0.15, 0.2) is 0 Å². The normalized spacial score (nSPS) is 10.4. The Balaban J connectivity index is 2.05. The van der Waals surface area contributed by atoms with E-state index in [1.165, 1.54) is 0 Å². The summed E-state index contributed by atoms with van der Waals surface area (Å²) in [5.74, 6) is 0.981. The predicted molar refractivity (Wildman–Crippen MR) is 69.1 cm³/mol. The van der Waals surface area contributed by atoms with Crippen LogP contribution in [0.1, 0.15) is 5.82 Å². The predicted octanol–water partition coefficient (Wildman–Crippen LogP) is 1.43. The Morgan fingerprint density at radius 1 is 1.53 bits per heavy atom. The van der Waals surface area contributed by atoms with Crippen molar-refractivity contribution in [3.63, 3.8) is 0 Å². The van der Waals surface area contributed by atoms with Crippen molar-refractivity contribution in [2.45, 2.75) is 6.42 Å². The van der Waals surface area contributed by atoms with Gasteiger partial charge in [0.25, 0.3) is 0 Å². The summed E-state index contributed by atoms with van der Waals surface area (Å²) in [5.41, 5.74) is -0.204. The van der Waals surface area contributed by atoms with Crippen molar-refractivity contribution in [3.05, 3.63) is 39.8 Å². The Bertz CT molecular complexity index is 599. The molecule has 0 aliphatic carbocycles. The molecule has 2 heterocycles. The molecular weight excluding hydrogens is 272 g/mol. The summed E-state index contributed by atoms with van der Waals surface area (Å²) in [6.07, 6.45) is 5.22.